The van der Waals surface area contributed by atoms with E-state index in [9.17, 15) is 0 Å². The summed E-state index contributed by atoms with van der Waals surface area (Å²) in [5.41, 5.74) is 5.15. The molecule has 0 fully saturated rings. The third kappa shape index (κ3) is 4.54. The van der Waals surface area contributed by atoms with Gasteiger partial charge >= 0.3 is 0 Å². The third-order valence-electron chi connectivity index (χ3n) is 4.33. The first-order chi connectivity index (χ1) is 13.0. The third-order valence-corrected chi connectivity index (χ3v) is 5.30. The molecule has 1 aromatic heterocycles. The van der Waals surface area contributed by atoms with E-state index in [0.29, 0.717) is 16.7 Å². The summed E-state index contributed by atoms with van der Waals surface area (Å²) in [5, 5.41) is 9.02. The number of aryl methyl sites for hydroxylation is 3. The Bertz CT molecular complexity index is 916. The van der Waals surface area contributed by atoms with Crippen LogP contribution in [-0.4, -0.2) is 22.0 Å². The van der Waals surface area contributed by atoms with Gasteiger partial charge in [-0.15, -0.1) is 10.2 Å². The van der Waals surface area contributed by atoms with Crippen LogP contribution >= 0.6 is 11.8 Å². The van der Waals surface area contributed by atoms with Crippen molar-refractivity contribution in [2.24, 2.45) is 0 Å². The highest BCUT2D eigenvalue weighted by molar-refractivity contribution is 7.98. The number of hydrogen-bond acceptors (Lipinski definition) is 6. The van der Waals surface area contributed by atoms with E-state index < -0.39 is 0 Å². The van der Waals surface area contributed by atoms with Gasteiger partial charge < -0.3 is 15.3 Å². The largest absolute Gasteiger partial charge is 0.497 e. The molecule has 0 spiro atoms. The van der Waals surface area contributed by atoms with Crippen molar-refractivity contribution in [3.05, 3.63) is 64.5 Å². The molecule has 27 heavy (non-hydrogen) atoms. The van der Waals surface area contributed by atoms with Crippen molar-refractivity contribution in [3.8, 4) is 11.5 Å². The summed E-state index contributed by atoms with van der Waals surface area (Å²) in [7, 11) is 1.62. The van der Waals surface area contributed by atoms with E-state index in [1.807, 2.05) is 24.3 Å². The molecule has 0 aliphatic heterocycles. The fraction of sp³-hybridized carbons (Fsp3) is 0.300. The van der Waals surface area contributed by atoms with Crippen molar-refractivity contribution in [2.75, 3.05) is 13.0 Å². The summed E-state index contributed by atoms with van der Waals surface area (Å²) in [5.74, 6) is 8.95. The molecule has 0 bridgehead atoms. The molecule has 0 atom stereocenters. The van der Waals surface area contributed by atoms with E-state index in [4.69, 9.17) is 15.3 Å². The minimum atomic E-state index is 0.236. The molecular weight excluding hydrogens is 360 g/mol. The Balaban J connectivity index is 1.65. The second-order valence-electron chi connectivity index (χ2n) is 6.40. The molecule has 6 nitrogen and oxygen atoms in total. The SMILES string of the molecule is COc1cccc(OCc2nnc(SCc3c(C)cc(C)cc3C)n2N)c1. The standard InChI is InChI=1S/C20H24N4O2S/c1-13-8-14(2)18(15(3)9-13)12-27-20-23-22-19(24(20)21)11-26-17-7-5-6-16(10-17)25-4/h5-10H,11-12,21H2,1-4H3. The quantitative estimate of drug-likeness (QED) is 0.493. The number of thioether (sulfide) groups is 1. The Morgan fingerprint density at radius 2 is 1.74 bits per heavy atom. The molecule has 142 valence electrons. The number of nitrogens with zero attached hydrogens (tertiary/aromatic N) is 3. The van der Waals surface area contributed by atoms with Crippen molar-refractivity contribution in [2.45, 2.75) is 38.3 Å². The van der Waals surface area contributed by atoms with Gasteiger partial charge in [0.25, 0.3) is 0 Å². The average Bonchev–Trinajstić information content (AvgIpc) is 2.99. The molecule has 3 aromatic rings. The van der Waals surface area contributed by atoms with Crippen molar-refractivity contribution in [1.82, 2.24) is 14.9 Å². The lowest BCUT2D eigenvalue weighted by Crippen LogP contribution is -2.15. The highest BCUT2D eigenvalue weighted by atomic mass is 32.2. The fourth-order valence-electron chi connectivity index (χ4n) is 2.92. The molecule has 3 rings (SSSR count). The van der Waals surface area contributed by atoms with Gasteiger partial charge in [-0.3, -0.25) is 0 Å². The van der Waals surface area contributed by atoms with E-state index in [1.54, 1.807) is 18.9 Å². The smallest absolute Gasteiger partial charge is 0.210 e. The van der Waals surface area contributed by atoms with E-state index in [-0.39, 0.29) is 6.61 Å². The Hall–Kier alpha value is -2.67. The van der Waals surface area contributed by atoms with Gasteiger partial charge in [-0.25, -0.2) is 4.68 Å². The number of aromatic nitrogens is 3. The van der Waals surface area contributed by atoms with Crippen LogP contribution < -0.4 is 15.3 Å². The molecule has 0 amide bonds. The zero-order valence-electron chi connectivity index (χ0n) is 16.0. The summed E-state index contributed by atoms with van der Waals surface area (Å²) in [4.78, 5) is 0. The van der Waals surface area contributed by atoms with Crippen LogP contribution in [0.5, 0.6) is 11.5 Å². The lowest BCUT2D eigenvalue weighted by Gasteiger charge is -2.11. The molecule has 0 aliphatic rings. The first-order valence-corrected chi connectivity index (χ1v) is 9.62. The van der Waals surface area contributed by atoms with E-state index in [1.165, 1.54) is 26.9 Å². The molecular formula is C20H24N4O2S. The molecule has 2 N–H and O–H groups in total. The number of nitrogens with two attached hydrogens (primary N) is 1. The molecule has 0 unspecified atom stereocenters. The van der Waals surface area contributed by atoms with Crippen molar-refractivity contribution < 1.29 is 9.47 Å². The zero-order valence-corrected chi connectivity index (χ0v) is 16.8. The van der Waals surface area contributed by atoms with Gasteiger partial charge in [-0.05, 0) is 49.6 Å². The number of rotatable bonds is 7. The van der Waals surface area contributed by atoms with Gasteiger partial charge in [0.1, 0.15) is 18.1 Å². The van der Waals surface area contributed by atoms with E-state index in [0.717, 1.165) is 11.5 Å². The minimum Gasteiger partial charge on any atom is -0.497 e. The maximum atomic E-state index is 6.15. The number of benzene rings is 2. The fourth-order valence-corrected chi connectivity index (χ4v) is 3.99. The first kappa shape index (κ1) is 19.1. The van der Waals surface area contributed by atoms with Crippen LogP contribution in [0.3, 0.4) is 0 Å². The van der Waals surface area contributed by atoms with Crippen LogP contribution in [0.1, 0.15) is 28.1 Å². The van der Waals surface area contributed by atoms with Crippen LogP contribution in [0.2, 0.25) is 0 Å². The minimum absolute atomic E-state index is 0.236. The lowest BCUT2D eigenvalue weighted by atomic mass is 10.0. The summed E-state index contributed by atoms with van der Waals surface area (Å²) >= 11 is 1.57. The summed E-state index contributed by atoms with van der Waals surface area (Å²) in [6, 6.07) is 11.8. The van der Waals surface area contributed by atoms with Crippen LogP contribution in [0, 0.1) is 20.8 Å². The molecule has 7 heteroatoms. The van der Waals surface area contributed by atoms with E-state index >= 15 is 0 Å². The Kier molecular flexibility index (Phi) is 5.91. The second kappa shape index (κ2) is 8.35. The van der Waals surface area contributed by atoms with Gasteiger partial charge in [-0.2, -0.15) is 0 Å². The highest BCUT2D eigenvalue weighted by Crippen LogP contribution is 2.26. The lowest BCUT2D eigenvalue weighted by molar-refractivity contribution is 0.289. The Morgan fingerprint density at radius 1 is 1.04 bits per heavy atom. The van der Waals surface area contributed by atoms with Gasteiger partial charge in [0.05, 0.1) is 7.11 Å². The van der Waals surface area contributed by atoms with Crippen molar-refractivity contribution >= 4 is 11.8 Å². The van der Waals surface area contributed by atoms with Crippen LogP contribution in [0.4, 0.5) is 0 Å². The highest BCUT2D eigenvalue weighted by Gasteiger charge is 2.13. The summed E-state index contributed by atoms with van der Waals surface area (Å²) < 4.78 is 12.4. The van der Waals surface area contributed by atoms with E-state index in [2.05, 4.69) is 43.1 Å². The topological polar surface area (TPSA) is 75.2 Å². The average molecular weight is 385 g/mol. The zero-order chi connectivity index (χ0) is 19.4. The number of ether oxygens (including phenoxy) is 2. The molecule has 2 aromatic carbocycles. The van der Waals surface area contributed by atoms with Crippen molar-refractivity contribution in [3.63, 3.8) is 0 Å². The number of hydrogen-bond donors (Lipinski definition) is 1. The normalized spacial score (nSPS) is 10.8. The van der Waals surface area contributed by atoms with Gasteiger partial charge in [0, 0.05) is 11.8 Å². The number of nitrogen functional groups attached to an aromatic ring is 1. The molecule has 0 saturated carbocycles. The summed E-state index contributed by atoms with van der Waals surface area (Å²) in [6.45, 7) is 6.62. The van der Waals surface area contributed by atoms with Gasteiger partial charge in [-0.1, -0.05) is 35.5 Å². The first-order valence-electron chi connectivity index (χ1n) is 8.63. The van der Waals surface area contributed by atoms with Crippen molar-refractivity contribution in [1.29, 1.82) is 0 Å². The maximum Gasteiger partial charge on any atom is 0.210 e. The molecule has 0 aliphatic carbocycles. The second-order valence-corrected chi connectivity index (χ2v) is 7.34. The van der Waals surface area contributed by atoms with Gasteiger partial charge in [0.2, 0.25) is 5.16 Å². The molecule has 1 heterocycles. The predicted molar refractivity (Wildman–Crippen MR) is 108 cm³/mol. The maximum absolute atomic E-state index is 6.15. The monoisotopic (exact) mass is 384 g/mol. The molecule has 0 saturated heterocycles. The Morgan fingerprint density at radius 3 is 2.44 bits per heavy atom. The predicted octanol–water partition coefficient (Wildman–Crippen LogP) is 3.80. The summed E-state index contributed by atoms with van der Waals surface area (Å²) in [6.07, 6.45) is 0. The van der Waals surface area contributed by atoms with Crippen LogP contribution in [0.25, 0.3) is 0 Å². The van der Waals surface area contributed by atoms with Crippen LogP contribution in [-0.2, 0) is 12.4 Å². The Labute approximate surface area is 163 Å². The van der Waals surface area contributed by atoms with Crippen LogP contribution in [0.15, 0.2) is 41.6 Å². The van der Waals surface area contributed by atoms with Gasteiger partial charge in [0.15, 0.2) is 5.82 Å². The number of methoxy groups -OCH3 is 1. The molecule has 0 radical (unpaired) electrons.